The number of amides is 2. The van der Waals surface area contributed by atoms with Crippen molar-refractivity contribution in [1.29, 1.82) is 0 Å². The normalized spacial score (nSPS) is 11.6. The third-order valence-electron chi connectivity index (χ3n) is 4.61. The molecule has 31 heavy (non-hydrogen) atoms. The van der Waals surface area contributed by atoms with E-state index in [2.05, 4.69) is 16.0 Å². The first-order chi connectivity index (χ1) is 14.9. The van der Waals surface area contributed by atoms with Crippen LogP contribution in [0.25, 0.3) is 0 Å². The maximum absolute atomic E-state index is 12.4. The van der Waals surface area contributed by atoms with Crippen molar-refractivity contribution in [3.8, 4) is 5.75 Å². The zero-order chi connectivity index (χ0) is 22.2. The molecule has 0 spiro atoms. The number of aryl methyl sites for hydroxylation is 1. The number of benzene rings is 2. The molecule has 2 amide bonds. The Bertz CT molecular complexity index is 1010. The van der Waals surface area contributed by atoms with Gasteiger partial charge in [-0.1, -0.05) is 0 Å². The topological polar surface area (TPSA) is 92.6 Å². The lowest BCUT2D eigenvalue weighted by molar-refractivity contribution is -0.115. The molecule has 3 rings (SSSR count). The van der Waals surface area contributed by atoms with E-state index < -0.39 is 0 Å². The highest BCUT2D eigenvalue weighted by Crippen LogP contribution is 2.18. The van der Waals surface area contributed by atoms with E-state index in [-0.39, 0.29) is 24.4 Å². The zero-order valence-corrected chi connectivity index (χ0v) is 17.9. The molecule has 7 heteroatoms. The molecule has 7 nitrogen and oxygen atoms in total. The van der Waals surface area contributed by atoms with Crippen LogP contribution in [-0.4, -0.2) is 25.0 Å². The highest BCUT2D eigenvalue weighted by molar-refractivity contribution is 6.04. The molecule has 0 saturated heterocycles. The van der Waals surface area contributed by atoms with Gasteiger partial charge >= 0.3 is 0 Å². The smallest absolute Gasteiger partial charge is 0.255 e. The Hall–Kier alpha value is -3.58. The molecule has 162 valence electrons. The van der Waals surface area contributed by atoms with Gasteiger partial charge in [-0.25, -0.2) is 0 Å². The summed E-state index contributed by atoms with van der Waals surface area (Å²) in [6.07, 6.45) is 0. The fraction of sp³-hybridized carbons (Fsp3) is 0.250. The van der Waals surface area contributed by atoms with Gasteiger partial charge in [0, 0.05) is 16.9 Å². The number of anilines is 2. The SMILES string of the molecule is CCOc1ccc(NC(=O)c2ccc(NC(=O)CNC(C)c3ccc(C)o3)cc2)cc1. The second-order valence-corrected chi connectivity index (χ2v) is 7.09. The summed E-state index contributed by atoms with van der Waals surface area (Å²) < 4.78 is 10.9. The summed E-state index contributed by atoms with van der Waals surface area (Å²) >= 11 is 0. The molecule has 0 aliphatic carbocycles. The summed E-state index contributed by atoms with van der Waals surface area (Å²) in [7, 11) is 0. The third-order valence-corrected chi connectivity index (χ3v) is 4.61. The molecule has 1 aromatic heterocycles. The van der Waals surface area contributed by atoms with Crippen LogP contribution in [0.5, 0.6) is 5.75 Å². The number of hydrogen-bond acceptors (Lipinski definition) is 5. The first-order valence-corrected chi connectivity index (χ1v) is 10.2. The van der Waals surface area contributed by atoms with E-state index in [9.17, 15) is 9.59 Å². The van der Waals surface area contributed by atoms with Gasteiger partial charge in [0.25, 0.3) is 5.91 Å². The minimum absolute atomic E-state index is 0.0758. The highest BCUT2D eigenvalue weighted by Gasteiger charge is 2.12. The quantitative estimate of drug-likeness (QED) is 0.472. The van der Waals surface area contributed by atoms with Gasteiger partial charge in [0.1, 0.15) is 17.3 Å². The van der Waals surface area contributed by atoms with E-state index in [1.165, 1.54) is 0 Å². The monoisotopic (exact) mass is 421 g/mol. The maximum atomic E-state index is 12.4. The van der Waals surface area contributed by atoms with Crippen LogP contribution in [0.4, 0.5) is 11.4 Å². The van der Waals surface area contributed by atoms with Crippen molar-refractivity contribution in [1.82, 2.24) is 5.32 Å². The molecule has 0 radical (unpaired) electrons. The predicted octanol–water partition coefficient (Wildman–Crippen LogP) is 4.53. The summed E-state index contributed by atoms with van der Waals surface area (Å²) in [4.78, 5) is 24.6. The van der Waals surface area contributed by atoms with E-state index in [1.54, 1.807) is 48.5 Å². The van der Waals surface area contributed by atoms with Gasteiger partial charge in [0.2, 0.25) is 5.91 Å². The van der Waals surface area contributed by atoms with Crippen molar-refractivity contribution in [2.24, 2.45) is 0 Å². The minimum atomic E-state index is -0.230. The number of ether oxygens (including phenoxy) is 1. The molecule has 2 aromatic carbocycles. The number of carbonyl (C=O) groups is 2. The lowest BCUT2D eigenvalue weighted by atomic mass is 10.2. The number of furan rings is 1. The fourth-order valence-electron chi connectivity index (χ4n) is 2.95. The van der Waals surface area contributed by atoms with Crippen LogP contribution >= 0.6 is 0 Å². The molecule has 0 aliphatic rings. The first-order valence-electron chi connectivity index (χ1n) is 10.2. The van der Waals surface area contributed by atoms with Crippen LogP contribution in [-0.2, 0) is 4.79 Å². The standard InChI is InChI=1S/C24H27N3O4/c1-4-30-21-12-10-20(11-13-21)27-24(29)18-6-8-19(9-7-18)26-23(28)15-25-17(3)22-14-5-16(2)31-22/h5-14,17,25H,4,15H2,1-3H3,(H,26,28)(H,27,29). The second-order valence-electron chi connectivity index (χ2n) is 7.09. The molecule has 0 saturated carbocycles. The van der Waals surface area contributed by atoms with E-state index in [1.807, 2.05) is 32.9 Å². The van der Waals surface area contributed by atoms with E-state index >= 15 is 0 Å². The van der Waals surface area contributed by atoms with Crippen LogP contribution in [0.15, 0.2) is 65.1 Å². The Balaban J connectivity index is 1.48. The van der Waals surface area contributed by atoms with Crippen molar-refractivity contribution in [3.05, 3.63) is 77.7 Å². The Morgan fingerprint density at radius 1 is 0.935 bits per heavy atom. The van der Waals surface area contributed by atoms with Crippen molar-refractivity contribution < 1.29 is 18.7 Å². The third kappa shape index (κ3) is 6.45. The second kappa shape index (κ2) is 10.4. The molecule has 0 aliphatic heterocycles. The van der Waals surface area contributed by atoms with Gasteiger partial charge in [0.05, 0.1) is 19.2 Å². The average molecular weight is 421 g/mol. The Labute approximate surface area is 181 Å². The van der Waals surface area contributed by atoms with E-state index in [0.29, 0.717) is 23.5 Å². The van der Waals surface area contributed by atoms with Crippen molar-refractivity contribution in [3.63, 3.8) is 0 Å². The Morgan fingerprint density at radius 2 is 1.58 bits per heavy atom. The van der Waals surface area contributed by atoms with Crippen molar-refractivity contribution in [2.75, 3.05) is 23.8 Å². The minimum Gasteiger partial charge on any atom is -0.494 e. The molecule has 3 aromatic rings. The molecule has 1 atom stereocenters. The predicted molar refractivity (Wildman–Crippen MR) is 120 cm³/mol. The van der Waals surface area contributed by atoms with Crippen LogP contribution in [0.1, 0.15) is 41.8 Å². The van der Waals surface area contributed by atoms with Crippen molar-refractivity contribution >= 4 is 23.2 Å². The van der Waals surface area contributed by atoms with Gasteiger partial charge in [-0.2, -0.15) is 0 Å². The molecule has 0 bridgehead atoms. The lowest BCUT2D eigenvalue weighted by Crippen LogP contribution is -2.30. The summed E-state index contributed by atoms with van der Waals surface area (Å²) in [6.45, 7) is 6.46. The number of carbonyl (C=O) groups excluding carboxylic acids is 2. The maximum Gasteiger partial charge on any atom is 0.255 e. The van der Waals surface area contributed by atoms with Gasteiger partial charge in [-0.15, -0.1) is 0 Å². The molecule has 1 heterocycles. The van der Waals surface area contributed by atoms with Gasteiger partial charge in [-0.05, 0) is 81.4 Å². The number of nitrogens with one attached hydrogen (secondary N) is 3. The summed E-state index contributed by atoms with van der Waals surface area (Å²) in [6, 6.07) is 17.6. The summed E-state index contributed by atoms with van der Waals surface area (Å²) in [5.41, 5.74) is 1.79. The highest BCUT2D eigenvalue weighted by atomic mass is 16.5. The Kier molecular flexibility index (Phi) is 7.45. The van der Waals surface area contributed by atoms with Crippen LogP contribution < -0.4 is 20.7 Å². The number of hydrogen-bond donors (Lipinski definition) is 3. The fourth-order valence-corrected chi connectivity index (χ4v) is 2.95. The van der Waals surface area contributed by atoms with Crippen molar-refractivity contribution in [2.45, 2.75) is 26.8 Å². The summed E-state index contributed by atoms with van der Waals surface area (Å²) in [5, 5.41) is 8.77. The lowest BCUT2D eigenvalue weighted by Gasteiger charge is -2.12. The van der Waals surface area contributed by atoms with E-state index in [0.717, 1.165) is 17.3 Å². The van der Waals surface area contributed by atoms with Crippen LogP contribution in [0.2, 0.25) is 0 Å². The number of rotatable bonds is 9. The molecular formula is C24H27N3O4. The largest absolute Gasteiger partial charge is 0.494 e. The molecule has 1 unspecified atom stereocenters. The Morgan fingerprint density at radius 3 is 2.19 bits per heavy atom. The molecule has 3 N–H and O–H groups in total. The van der Waals surface area contributed by atoms with Gasteiger partial charge in [-0.3, -0.25) is 14.9 Å². The van der Waals surface area contributed by atoms with Gasteiger partial charge in [0.15, 0.2) is 0 Å². The molecular weight excluding hydrogens is 394 g/mol. The van der Waals surface area contributed by atoms with Gasteiger partial charge < -0.3 is 19.8 Å². The zero-order valence-electron chi connectivity index (χ0n) is 17.9. The average Bonchev–Trinajstić information content (AvgIpc) is 3.20. The molecule has 0 fully saturated rings. The first kappa shape index (κ1) is 22.1. The van der Waals surface area contributed by atoms with E-state index in [4.69, 9.17) is 9.15 Å². The van der Waals surface area contributed by atoms with Crippen LogP contribution in [0, 0.1) is 6.92 Å². The van der Waals surface area contributed by atoms with Crippen LogP contribution in [0.3, 0.4) is 0 Å². The summed E-state index contributed by atoms with van der Waals surface area (Å²) in [5.74, 6) is 1.96.